The fourth-order valence-electron chi connectivity index (χ4n) is 2.24. The fourth-order valence-corrected chi connectivity index (χ4v) is 2.24. The number of hydrogen-bond acceptors (Lipinski definition) is 2. The van der Waals surface area contributed by atoms with E-state index in [-0.39, 0.29) is 6.03 Å². The third kappa shape index (κ3) is 5.76. The molecule has 0 spiro atoms. The number of benzene rings is 1. The van der Waals surface area contributed by atoms with Gasteiger partial charge in [-0.05, 0) is 50.9 Å². The minimum atomic E-state index is -0.0225. The molecular weight excluding hydrogens is 262 g/mol. The van der Waals surface area contributed by atoms with Gasteiger partial charge < -0.3 is 15.5 Å². The number of anilines is 1. The first-order chi connectivity index (χ1) is 10.1. The standard InChI is InChI=1S/C17H29N3O/c1-5-11-18-14(4)15-9-8-10-16(13-15)19-17(21)20(7-3)12-6-2/h8-10,13-14,18H,5-7,11-12H2,1-4H3,(H,19,21). The molecule has 0 fully saturated rings. The van der Waals surface area contributed by atoms with Crippen molar-refractivity contribution in [3.8, 4) is 0 Å². The van der Waals surface area contributed by atoms with Crippen LogP contribution in [0.5, 0.6) is 0 Å². The van der Waals surface area contributed by atoms with Gasteiger partial charge >= 0.3 is 6.03 Å². The maximum absolute atomic E-state index is 12.2. The van der Waals surface area contributed by atoms with Gasteiger partial charge in [-0.25, -0.2) is 4.79 Å². The molecule has 0 saturated carbocycles. The number of rotatable bonds is 8. The van der Waals surface area contributed by atoms with Gasteiger partial charge in [0.15, 0.2) is 0 Å². The van der Waals surface area contributed by atoms with Crippen LogP contribution in [0.2, 0.25) is 0 Å². The molecule has 1 unspecified atom stereocenters. The van der Waals surface area contributed by atoms with E-state index in [9.17, 15) is 4.79 Å². The number of nitrogens with one attached hydrogen (secondary N) is 2. The molecule has 1 rings (SSSR count). The lowest BCUT2D eigenvalue weighted by molar-refractivity contribution is 0.214. The van der Waals surface area contributed by atoms with Crippen LogP contribution < -0.4 is 10.6 Å². The van der Waals surface area contributed by atoms with Crippen molar-refractivity contribution in [2.24, 2.45) is 0 Å². The van der Waals surface area contributed by atoms with Gasteiger partial charge in [0.1, 0.15) is 0 Å². The monoisotopic (exact) mass is 291 g/mol. The van der Waals surface area contributed by atoms with E-state index in [0.717, 1.165) is 38.2 Å². The normalized spacial score (nSPS) is 12.0. The molecule has 21 heavy (non-hydrogen) atoms. The summed E-state index contributed by atoms with van der Waals surface area (Å²) in [5, 5.41) is 6.45. The van der Waals surface area contributed by atoms with Crippen molar-refractivity contribution in [2.45, 2.75) is 46.6 Å². The molecule has 0 heterocycles. The molecule has 1 aromatic rings. The lowest BCUT2D eigenvalue weighted by Gasteiger charge is -2.21. The highest BCUT2D eigenvalue weighted by Crippen LogP contribution is 2.17. The SMILES string of the molecule is CCCNC(C)c1cccc(NC(=O)N(CC)CCC)c1. The summed E-state index contributed by atoms with van der Waals surface area (Å²) in [6, 6.07) is 8.33. The zero-order valence-electron chi connectivity index (χ0n) is 13.8. The zero-order chi connectivity index (χ0) is 15.7. The van der Waals surface area contributed by atoms with Gasteiger partial charge in [-0.3, -0.25) is 0 Å². The van der Waals surface area contributed by atoms with Gasteiger partial charge in [-0.1, -0.05) is 26.0 Å². The number of hydrogen-bond donors (Lipinski definition) is 2. The van der Waals surface area contributed by atoms with E-state index in [2.05, 4.69) is 37.5 Å². The molecule has 0 aliphatic heterocycles. The predicted octanol–water partition coefficient (Wildman–Crippen LogP) is 4.01. The van der Waals surface area contributed by atoms with E-state index >= 15 is 0 Å². The molecule has 4 nitrogen and oxygen atoms in total. The number of carbonyl (C=O) groups excluding carboxylic acids is 1. The largest absolute Gasteiger partial charge is 0.325 e. The Hall–Kier alpha value is -1.55. The number of amides is 2. The molecule has 0 aliphatic carbocycles. The van der Waals surface area contributed by atoms with Crippen LogP contribution in [0.1, 0.15) is 52.1 Å². The Bertz CT molecular complexity index is 434. The van der Waals surface area contributed by atoms with Crippen molar-refractivity contribution in [1.29, 1.82) is 0 Å². The van der Waals surface area contributed by atoms with E-state index in [1.54, 1.807) is 0 Å². The molecule has 0 aliphatic rings. The van der Waals surface area contributed by atoms with E-state index in [1.807, 2.05) is 30.0 Å². The van der Waals surface area contributed by atoms with Crippen LogP contribution in [0.4, 0.5) is 10.5 Å². The Labute approximate surface area is 128 Å². The highest BCUT2D eigenvalue weighted by atomic mass is 16.2. The number of nitrogens with zero attached hydrogens (tertiary/aromatic N) is 1. The van der Waals surface area contributed by atoms with E-state index < -0.39 is 0 Å². The summed E-state index contributed by atoms with van der Waals surface area (Å²) in [7, 11) is 0. The Morgan fingerprint density at radius 1 is 1.24 bits per heavy atom. The van der Waals surface area contributed by atoms with Crippen molar-refractivity contribution in [1.82, 2.24) is 10.2 Å². The molecule has 0 radical (unpaired) electrons. The second-order valence-electron chi connectivity index (χ2n) is 5.31. The number of urea groups is 1. The Kier molecular flexibility index (Phi) is 7.83. The summed E-state index contributed by atoms with van der Waals surface area (Å²) >= 11 is 0. The first-order valence-electron chi connectivity index (χ1n) is 8.01. The Morgan fingerprint density at radius 3 is 2.62 bits per heavy atom. The molecule has 118 valence electrons. The minimum absolute atomic E-state index is 0.0225. The van der Waals surface area contributed by atoms with Crippen LogP contribution in [0.25, 0.3) is 0 Å². The van der Waals surface area contributed by atoms with Gasteiger partial charge in [-0.15, -0.1) is 0 Å². The summed E-state index contributed by atoms with van der Waals surface area (Å²) in [5.41, 5.74) is 2.05. The van der Waals surface area contributed by atoms with Crippen molar-refractivity contribution in [3.05, 3.63) is 29.8 Å². The van der Waals surface area contributed by atoms with E-state index in [4.69, 9.17) is 0 Å². The van der Waals surface area contributed by atoms with Gasteiger partial charge in [0.05, 0.1) is 0 Å². The summed E-state index contributed by atoms with van der Waals surface area (Å²) in [6.45, 7) is 10.9. The second kappa shape index (κ2) is 9.40. The van der Waals surface area contributed by atoms with Gasteiger partial charge in [0.25, 0.3) is 0 Å². The average molecular weight is 291 g/mol. The first kappa shape index (κ1) is 17.5. The summed E-state index contributed by atoms with van der Waals surface area (Å²) < 4.78 is 0. The lowest BCUT2D eigenvalue weighted by Crippen LogP contribution is -2.35. The van der Waals surface area contributed by atoms with Crippen LogP contribution in [-0.2, 0) is 0 Å². The zero-order valence-corrected chi connectivity index (χ0v) is 13.8. The van der Waals surface area contributed by atoms with E-state index in [0.29, 0.717) is 6.04 Å². The van der Waals surface area contributed by atoms with Crippen molar-refractivity contribution < 1.29 is 4.79 Å². The Morgan fingerprint density at radius 2 is 2.00 bits per heavy atom. The summed E-state index contributed by atoms with van der Waals surface area (Å²) in [4.78, 5) is 14.0. The Balaban J connectivity index is 2.69. The molecule has 0 saturated heterocycles. The maximum atomic E-state index is 12.2. The molecule has 2 N–H and O–H groups in total. The van der Waals surface area contributed by atoms with Crippen LogP contribution in [0, 0.1) is 0 Å². The van der Waals surface area contributed by atoms with Crippen LogP contribution in [0.15, 0.2) is 24.3 Å². The topological polar surface area (TPSA) is 44.4 Å². The third-order valence-electron chi connectivity index (χ3n) is 3.50. The molecule has 1 aromatic carbocycles. The molecule has 4 heteroatoms. The van der Waals surface area contributed by atoms with E-state index in [1.165, 1.54) is 5.56 Å². The maximum Gasteiger partial charge on any atom is 0.321 e. The minimum Gasteiger partial charge on any atom is -0.325 e. The fraction of sp³-hybridized carbons (Fsp3) is 0.588. The first-order valence-corrected chi connectivity index (χ1v) is 8.01. The van der Waals surface area contributed by atoms with Crippen molar-refractivity contribution >= 4 is 11.7 Å². The second-order valence-corrected chi connectivity index (χ2v) is 5.31. The highest BCUT2D eigenvalue weighted by molar-refractivity contribution is 5.89. The molecule has 0 bridgehead atoms. The molecule has 0 aromatic heterocycles. The van der Waals surface area contributed by atoms with Crippen LogP contribution in [-0.4, -0.2) is 30.6 Å². The lowest BCUT2D eigenvalue weighted by atomic mass is 10.1. The average Bonchev–Trinajstić information content (AvgIpc) is 2.50. The summed E-state index contributed by atoms with van der Waals surface area (Å²) in [6.07, 6.45) is 2.09. The van der Waals surface area contributed by atoms with Gasteiger partial charge in [0, 0.05) is 24.8 Å². The number of carbonyl (C=O) groups is 1. The van der Waals surface area contributed by atoms with Crippen molar-refractivity contribution in [3.63, 3.8) is 0 Å². The molecule has 2 amide bonds. The van der Waals surface area contributed by atoms with Gasteiger partial charge in [-0.2, -0.15) is 0 Å². The van der Waals surface area contributed by atoms with Gasteiger partial charge in [0.2, 0.25) is 0 Å². The van der Waals surface area contributed by atoms with Crippen molar-refractivity contribution in [2.75, 3.05) is 25.0 Å². The quantitative estimate of drug-likeness (QED) is 0.760. The smallest absolute Gasteiger partial charge is 0.321 e. The van der Waals surface area contributed by atoms with Crippen LogP contribution >= 0.6 is 0 Å². The molecular formula is C17H29N3O. The molecule has 1 atom stereocenters. The predicted molar refractivity (Wildman–Crippen MR) is 89.7 cm³/mol. The highest BCUT2D eigenvalue weighted by Gasteiger charge is 2.11. The van der Waals surface area contributed by atoms with Crippen LogP contribution in [0.3, 0.4) is 0 Å². The summed E-state index contributed by atoms with van der Waals surface area (Å²) in [5.74, 6) is 0. The third-order valence-corrected chi connectivity index (χ3v) is 3.50.